The summed E-state index contributed by atoms with van der Waals surface area (Å²) in [4.78, 5) is 0. The van der Waals surface area contributed by atoms with E-state index in [-0.39, 0.29) is 16.4 Å². The molecule has 0 aliphatic carbocycles. The van der Waals surface area contributed by atoms with E-state index in [1.54, 1.807) is 0 Å². The smallest absolute Gasteiger partial charge is 0.0264 e. The topological polar surface area (TPSA) is 52.0 Å². The summed E-state index contributed by atoms with van der Waals surface area (Å²) in [5, 5.41) is 0. The summed E-state index contributed by atoms with van der Waals surface area (Å²) in [6.07, 6.45) is 0.875. The van der Waals surface area contributed by atoms with Gasteiger partial charge in [-0.1, -0.05) is 41.5 Å². The molecule has 0 amide bonds. The monoisotopic (exact) mass is 186 g/mol. The minimum absolute atomic E-state index is 0.0879. The first-order chi connectivity index (χ1) is 5.56. The molecule has 0 bridgehead atoms. The van der Waals surface area contributed by atoms with Crippen LogP contribution < -0.4 is 11.5 Å². The molecule has 4 N–H and O–H groups in total. The number of nitrogens with two attached hydrogens (primary N) is 2. The molecule has 0 fully saturated rings. The predicted octanol–water partition coefficient (Wildman–Crippen LogP) is 2.12. The lowest BCUT2D eigenvalue weighted by Gasteiger charge is -2.51. The molecule has 0 unspecified atom stereocenters. The SMILES string of the molecule is CC(C)(C)C(N)(CCN)C(C)(C)C. The van der Waals surface area contributed by atoms with Gasteiger partial charge in [-0.2, -0.15) is 0 Å². The van der Waals surface area contributed by atoms with Crippen LogP contribution in [0.4, 0.5) is 0 Å². The second-order valence-electron chi connectivity index (χ2n) is 6.01. The maximum atomic E-state index is 6.48. The molecule has 0 radical (unpaired) electrons. The molecule has 0 heterocycles. The average molecular weight is 186 g/mol. The summed E-state index contributed by atoms with van der Waals surface area (Å²) in [7, 11) is 0. The van der Waals surface area contributed by atoms with Crippen LogP contribution in [0.2, 0.25) is 0 Å². The van der Waals surface area contributed by atoms with E-state index in [1.165, 1.54) is 0 Å². The van der Waals surface area contributed by atoms with E-state index in [0.717, 1.165) is 6.42 Å². The number of hydrogen-bond donors (Lipinski definition) is 2. The van der Waals surface area contributed by atoms with E-state index in [0.29, 0.717) is 6.54 Å². The molecule has 0 saturated carbocycles. The molecule has 0 rings (SSSR count). The summed E-state index contributed by atoms with van der Waals surface area (Å²) in [5.41, 5.74) is 12.1. The summed E-state index contributed by atoms with van der Waals surface area (Å²) in [5.74, 6) is 0. The van der Waals surface area contributed by atoms with Gasteiger partial charge in [0.25, 0.3) is 0 Å². The minimum Gasteiger partial charge on any atom is -0.330 e. The van der Waals surface area contributed by atoms with Gasteiger partial charge >= 0.3 is 0 Å². The Morgan fingerprint density at radius 1 is 0.846 bits per heavy atom. The van der Waals surface area contributed by atoms with Gasteiger partial charge in [0.15, 0.2) is 0 Å². The fourth-order valence-corrected chi connectivity index (χ4v) is 2.10. The Morgan fingerprint density at radius 2 is 1.15 bits per heavy atom. The van der Waals surface area contributed by atoms with Gasteiger partial charge in [0, 0.05) is 5.54 Å². The van der Waals surface area contributed by atoms with Gasteiger partial charge in [-0.15, -0.1) is 0 Å². The van der Waals surface area contributed by atoms with Gasteiger partial charge in [-0.05, 0) is 23.8 Å². The van der Waals surface area contributed by atoms with Crippen molar-refractivity contribution < 1.29 is 0 Å². The lowest BCUT2D eigenvalue weighted by Crippen LogP contribution is -2.61. The van der Waals surface area contributed by atoms with Crippen molar-refractivity contribution in [3.8, 4) is 0 Å². The van der Waals surface area contributed by atoms with Crippen LogP contribution >= 0.6 is 0 Å². The van der Waals surface area contributed by atoms with E-state index in [2.05, 4.69) is 41.5 Å². The first-order valence-corrected chi connectivity index (χ1v) is 5.05. The molecule has 0 aromatic heterocycles. The summed E-state index contributed by atoms with van der Waals surface area (Å²) >= 11 is 0. The number of hydrogen-bond acceptors (Lipinski definition) is 2. The lowest BCUT2D eigenvalue weighted by molar-refractivity contribution is 0.0534. The first kappa shape index (κ1) is 12.9. The molecule has 0 aromatic carbocycles. The van der Waals surface area contributed by atoms with Gasteiger partial charge in [-0.3, -0.25) is 0 Å². The van der Waals surface area contributed by atoms with Crippen LogP contribution in [0.3, 0.4) is 0 Å². The van der Waals surface area contributed by atoms with E-state index in [1.807, 2.05) is 0 Å². The molecule has 2 nitrogen and oxygen atoms in total. The van der Waals surface area contributed by atoms with Crippen LogP contribution in [0.1, 0.15) is 48.0 Å². The van der Waals surface area contributed by atoms with Crippen LogP contribution in [0, 0.1) is 10.8 Å². The highest BCUT2D eigenvalue weighted by atomic mass is 14.8. The average Bonchev–Trinajstić information content (AvgIpc) is 1.82. The quantitative estimate of drug-likeness (QED) is 0.694. The van der Waals surface area contributed by atoms with Crippen LogP contribution in [0.15, 0.2) is 0 Å². The highest BCUT2D eigenvalue weighted by molar-refractivity contribution is 5.03. The lowest BCUT2D eigenvalue weighted by atomic mass is 9.59. The molecule has 80 valence electrons. The zero-order chi connectivity index (χ0) is 10.9. The van der Waals surface area contributed by atoms with Gasteiger partial charge < -0.3 is 11.5 Å². The van der Waals surface area contributed by atoms with Crippen LogP contribution in [-0.4, -0.2) is 12.1 Å². The first-order valence-electron chi connectivity index (χ1n) is 5.05. The summed E-state index contributed by atoms with van der Waals surface area (Å²) in [6.45, 7) is 13.8. The molecule has 2 heteroatoms. The zero-order valence-corrected chi connectivity index (χ0v) is 10.1. The van der Waals surface area contributed by atoms with Crippen LogP contribution in [0.5, 0.6) is 0 Å². The Balaban J connectivity index is 4.96. The molecule has 0 spiro atoms. The Kier molecular flexibility index (Phi) is 3.56. The van der Waals surface area contributed by atoms with Gasteiger partial charge in [0.2, 0.25) is 0 Å². The third kappa shape index (κ3) is 2.44. The molecule has 0 aliphatic rings. The van der Waals surface area contributed by atoms with E-state index in [9.17, 15) is 0 Å². The Labute approximate surface area is 83.1 Å². The summed E-state index contributed by atoms with van der Waals surface area (Å²) in [6, 6.07) is 0. The fourth-order valence-electron chi connectivity index (χ4n) is 2.10. The fraction of sp³-hybridized carbons (Fsp3) is 1.00. The van der Waals surface area contributed by atoms with Gasteiger partial charge in [0.1, 0.15) is 0 Å². The molecule has 0 aliphatic heterocycles. The largest absolute Gasteiger partial charge is 0.330 e. The van der Waals surface area contributed by atoms with Crippen molar-refractivity contribution in [1.82, 2.24) is 0 Å². The molecular formula is C11H26N2. The highest BCUT2D eigenvalue weighted by Gasteiger charge is 2.46. The van der Waals surface area contributed by atoms with Crippen molar-refractivity contribution >= 4 is 0 Å². The molecule has 0 aromatic rings. The molecule has 0 saturated heterocycles. The zero-order valence-electron chi connectivity index (χ0n) is 10.1. The van der Waals surface area contributed by atoms with Crippen molar-refractivity contribution in [1.29, 1.82) is 0 Å². The van der Waals surface area contributed by atoms with Gasteiger partial charge in [0.05, 0.1) is 0 Å². The second-order valence-corrected chi connectivity index (χ2v) is 6.01. The maximum absolute atomic E-state index is 6.48. The van der Waals surface area contributed by atoms with E-state index in [4.69, 9.17) is 11.5 Å². The third-order valence-corrected chi connectivity index (χ3v) is 3.22. The Hall–Kier alpha value is -0.0800. The number of rotatable bonds is 2. The van der Waals surface area contributed by atoms with Crippen molar-refractivity contribution in [2.75, 3.05) is 6.54 Å². The van der Waals surface area contributed by atoms with Gasteiger partial charge in [-0.25, -0.2) is 0 Å². The Morgan fingerprint density at radius 3 is 1.23 bits per heavy atom. The van der Waals surface area contributed by atoms with Crippen molar-refractivity contribution in [3.63, 3.8) is 0 Å². The van der Waals surface area contributed by atoms with Crippen molar-refractivity contribution in [2.24, 2.45) is 22.3 Å². The van der Waals surface area contributed by atoms with Crippen LogP contribution in [0.25, 0.3) is 0 Å². The van der Waals surface area contributed by atoms with E-state index >= 15 is 0 Å². The molecule has 0 atom stereocenters. The van der Waals surface area contributed by atoms with Crippen molar-refractivity contribution in [3.05, 3.63) is 0 Å². The van der Waals surface area contributed by atoms with Crippen LogP contribution in [-0.2, 0) is 0 Å². The normalized spacial score (nSPS) is 14.8. The second kappa shape index (κ2) is 3.58. The third-order valence-electron chi connectivity index (χ3n) is 3.22. The Bertz CT molecular complexity index is 146. The highest BCUT2D eigenvalue weighted by Crippen LogP contribution is 2.43. The van der Waals surface area contributed by atoms with Crippen molar-refractivity contribution in [2.45, 2.75) is 53.5 Å². The van der Waals surface area contributed by atoms with E-state index < -0.39 is 0 Å². The maximum Gasteiger partial charge on any atom is 0.0264 e. The minimum atomic E-state index is -0.200. The predicted molar refractivity (Wildman–Crippen MR) is 59.5 cm³/mol. The molecule has 13 heavy (non-hydrogen) atoms. The summed E-state index contributed by atoms with van der Waals surface area (Å²) < 4.78 is 0. The standard InChI is InChI=1S/C11H26N2/c1-9(2,3)11(13,7-8-12)10(4,5)6/h7-8,12-13H2,1-6H3. The molecular weight excluding hydrogens is 160 g/mol.